The second-order valence-electron chi connectivity index (χ2n) is 6.28. The molecule has 3 nitrogen and oxygen atoms in total. The van der Waals surface area contributed by atoms with E-state index in [1.54, 1.807) is 6.07 Å². The second-order valence-corrected chi connectivity index (χ2v) is 7.45. The summed E-state index contributed by atoms with van der Waals surface area (Å²) in [6.45, 7) is 1.21. The Labute approximate surface area is 140 Å². The first kappa shape index (κ1) is 17.6. The number of halogens is 5. The minimum absolute atomic E-state index is 0.143. The highest BCUT2D eigenvalue weighted by Gasteiger charge is 2.46. The minimum Gasteiger partial charge on any atom is -0.298 e. The number of thiophene rings is 1. The first-order valence-electron chi connectivity index (χ1n) is 7.70. The smallest absolute Gasteiger partial charge is 0.298 e. The fourth-order valence-corrected chi connectivity index (χ4v) is 4.01. The van der Waals surface area contributed by atoms with E-state index in [0.717, 1.165) is 9.89 Å². The molecule has 0 spiro atoms. The van der Waals surface area contributed by atoms with E-state index in [-0.39, 0.29) is 19.3 Å². The van der Waals surface area contributed by atoms with E-state index >= 15 is 0 Å². The van der Waals surface area contributed by atoms with Gasteiger partial charge in [0.25, 0.3) is 5.92 Å². The van der Waals surface area contributed by atoms with Crippen molar-refractivity contribution in [3.63, 3.8) is 0 Å². The lowest BCUT2D eigenvalue weighted by molar-refractivity contribution is -0.174. The van der Waals surface area contributed by atoms with Gasteiger partial charge in [-0.05, 0) is 12.1 Å². The monoisotopic (exact) mass is 367 g/mol. The summed E-state index contributed by atoms with van der Waals surface area (Å²) in [4.78, 5) is 3.62. The maximum Gasteiger partial charge on any atom is 0.410 e. The molecule has 2 aliphatic rings. The Hall–Kier alpha value is -1.22. The average Bonchev–Trinajstić information content (AvgIpc) is 3.07. The molecule has 0 aliphatic carbocycles. The van der Waals surface area contributed by atoms with Crippen molar-refractivity contribution >= 4 is 17.0 Å². The van der Waals surface area contributed by atoms with Gasteiger partial charge in [0.1, 0.15) is 6.04 Å². The van der Waals surface area contributed by atoms with E-state index in [4.69, 9.17) is 0 Å². The predicted octanol–water partition coefficient (Wildman–Crippen LogP) is 3.95. The van der Waals surface area contributed by atoms with Gasteiger partial charge >= 0.3 is 6.18 Å². The molecule has 0 amide bonds. The predicted molar refractivity (Wildman–Crippen MR) is 82.5 cm³/mol. The molecule has 0 aromatic carbocycles. The number of hydrogen-bond donors (Lipinski definition) is 0. The van der Waals surface area contributed by atoms with Gasteiger partial charge in [-0.3, -0.25) is 9.91 Å². The van der Waals surface area contributed by atoms with Crippen molar-refractivity contribution in [1.82, 2.24) is 9.91 Å². The molecule has 0 bridgehead atoms. The Balaban J connectivity index is 1.61. The summed E-state index contributed by atoms with van der Waals surface area (Å²) >= 11 is 1.38. The fourth-order valence-electron chi connectivity index (χ4n) is 2.97. The van der Waals surface area contributed by atoms with Gasteiger partial charge in [0.05, 0.1) is 10.6 Å². The number of hydrogen-bond acceptors (Lipinski definition) is 4. The summed E-state index contributed by atoms with van der Waals surface area (Å²) in [5, 5.41) is 4.97. The van der Waals surface area contributed by atoms with Crippen LogP contribution in [0, 0.1) is 0 Å². The molecule has 2 aliphatic heterocycles. The summed E-state index contributed by atoms with van der Waals surface area (Å²) in [6.07, 6.45) is -4.75. The normalized spacial score (nSPS) is 25.2. The van der Waals surface area contributed by atoms with Gasteiger partial charge in [0.2, 0.25) is 0 Å². The number of likely N-dealkylation sites (tertiary alicyclic amines) is 1. The maximum absolute atomic E-state index is 13.2. The van der Waals surface area contributed by atoms with Crippen LogP contribution < -0.4 is 0 Å². The number of piperidine rings is 1. The molecular formula is C15H18F5N3S. The van der Waals surface area contributed by atoms with Crippen LogP contribution in [0.25, 0.3) is 0 Å². The molecule has 3 rings (SSSR count). The molecule has 9 heteroatoms. The fraction of sp³-hybridized carbons (Fsp3) is 0.667. The van der Waals surface area contributed by atoms with E-state index in [1.165, 1.54) is 18.4 Å². The van der Waals surface area contributed by atoms with Crippen LogP contribution >= 0.6 is 11.3 Å². The molecule has 0 saturated carbocycles. The zero-order valence-corrected chi connectivity index (χ0v) is 13.9. The van der Waals surface area contributed by atoms with Crippen LogP contribution in [0.15, 0.2) is 17.2 Å². The van der Waals surface area contributed by atoms with E-state index in [1.807, 2.05) is 11.0 Å². The van der Waals surface area contributed by atoms with E-state index in [9.17, 15) is 22.0 Å². The topological polar surface area (TPSA) is 18.8 Å². The first-order chi connectivity index (χ1) is 11.1. The number of nitrogens with zero attached hydrogens (tertiary/aromatic N) is 3. The second kappa shape index (κ2) is 6.25. The van der Waals surface area contributed by atoms with Crippen LogP contribution in [0.5, 0.6) is 0 Å². The lowest BCUT2D eigenvalue weighted by Gasteiger charge is -2.31. The summed E-state index contributed by atoms with van der Waals surface area (Å²) in [5.74, 6) is -2.58. The zero-order valence-electron chi connectivity index (χ0n) is 13.1. The highest BCUT2D eigenvalue weighted by Crippen LogP contribution is 2.34. The lowest BCUT2D eigenvalue weighted by atomic mass is 10.1. The Bertz CT molecular complexity index is 615. The van der Waals surface area contributed by atoms with Crippen LogP contribution in [0.1, 0.15) is 29.0 Å². The molecule has 1 unspecified atom stereocenters. The Kier molecular flexibility index (Phi) is 4.59. The Morgan fingerprint density at radius 3 is 2.50 bits per heavy atom. The third-order valence-corrected chi connectivity index (χ3v) is 5.53. The minimum atomic E-state index is -4.31. The lowest BCUT2D eigenvalue weighted by Crippen LogP contribution is -2.38. The van der Waals surface area contributed by atoms with Crippen molar-refractivity contribution < 1.29 is 22.0 Å². The quantitative estimate of drug-likeness (QED) is 0.754. The molecule has 1 aromatic heterocycles. The molecule has 1 atom stereocenters. The van der Waals surface area contributed by atoms with Gasteiger partial charge in [0, 0.05) is 50.8 Å². The molecule has 134 valence electrons. The van der Waals surface area contributed by atoms with Crippen molar-refractivity contribution in [2.75, 3.05) is 20.1 Å². The largest absolute Gasteiger partial charge is 0.410 e. The summed E-state index contributed by atoms with van der Waals surface area (Å²) in [7, 11) is 1.33. The van der Waals surface area contributed by atoms with Crippen molar-refractivity contribution in [2.24, 2.45) is 5.10 Å². The first-order valence-corrected chi connectivity index (χ1v) is 8.52. The van der Waals surface area contributed by atoms with Gasteiger partial charge < -0.3 is 0 Å². The van der Waals surface area contributed by atoms with Crippen molar-refractivity contribution in [1.29, 1.82) is 0 Å². The molecule has 24 heavy (non-hydrogen) atoms. The molecule has 0 N–H and O–H groups in total. The Morgan fingerprint density at radius 2 is 1.92 bits per heavy atom. The molecular weight excluding hydrogens is 349 g/mol. The average molecular weight is 367 g/mol. The van der Waals surface area contributed by atoms with E-state index in [0.29, 0.717) is 30.2 Å². The molecule has 1 saturated heterocycles. The number of hydrazone groups is 1. The van der Waals surface area contributed by atoms with Crippen LogP contribution in [0.4, 0.5) is 22.0 Å². The Morgan fingerprint density at radius 1 is 1.25 bits per heavy atom. The number of rotatable bonds is 3. The highest BCUT2D eigenvalue weighted by molar-refractivity contribution is 7.14. The van der Waals surface area contributed by atoms with Crippen LogP contribution in [-0.4, -0.2) is 53.9 Å². The van der Waals surface area contributed by atoms with Gasteiger partial charge in [-0.2, -0.15) is 18.3 Å². The molecule has 3 heterocycles. The molecule has 1 aromatic rings. The van der Waals surface area contributed by atoms with Crippen molar-refractivity contribution in [2.45, 2.75) is 43.9 Å². The van der Waals surface area contributed by atoms with Crippen molar-refractivity contribution in [3.05, 3.63) is 21.9 Å². The van der Waals surface area contributed by atoms with Crippen molar-refractivity contribution in [3.8, 4) is 0 Å². The van der Waals surface area contributed by atoms with Crippen LogP contribution in [0.3, 0.4) is 0 Å². The standard InChI is InChI=1S/C15H18F5N3S/c1-22-13(15(18,19)20)8-11(21-22)12-3-2-10(24-12)9-23-6-4-14(16,17)5-7-23/h2-3,13H,4-9H2,1H3. The third kappa shape index (κ3) is 3.88. The van der Waals surface area contributed by atoms with E-state index in [2.05, 4.69) is 5.10 Å². The van der Waals surface area contributed by atoms with Gasteiger partial charge in [-0.25, -0.2) is 8.78 Å². The highest BCUT2D eigenvalue weighted by atomic mass is 32.1. The molecule has 1 fully saturated rings. The van der Waals surface area contributed by atoms with Crippen LogP contribution in [0.2, 0.25) is 0 Å². The summed E-state index contributed by atoms with van der Waals surface area (Å²) in [5.41, 5.74) is 0.432. The SMILES string of the molecule is CN1N=C(c2ccc(CN3CCC(F)(F)CC3)s2)CC1C(F)(F)F. The zero-order chi connectivity index (χ0) is 17.5. The number of alkyl halides is 5. The summed E-state index contributed by atoms with van der Waals surface area (Å²) < 4.78 is 65.0. The van der Waals surface area contributed by atoms with Gasteiger partial charge in [0.15, 0.2) is 0 Å². The van der Waals surface area contributed by atoms with E-state index < -0.39 is 18.1 Å². The maximum atomic E-state index is 13.2. The third-order valence-electron chi connectivity index (χ3n) is 4.41. The van der Waals surface area contributed by atoms with Crippen LogP contribution in [-0.2, 0) is 6.54 Å². The molecule has 0 radical (unpaired) electrons. The summed E-state index contributed by atoms with van der Waals surface area (Å²) in [6, 6.07) is 2.03. The van der Waals surface area contributed by atoms with Gasteiger partial charge in [-0.1, -0.05) is 0 Å². The van der Waals surface area contributed by atoms with Gasteiger partial charge in [-0.15, -0.1) is 11.3 Å².